The second-order valence-corrected chi connectivity index (χ2v) is 7.81. The molecule has 0 bridgehead atoms. The average Bonchev–Trinajstić information content (AvgIpc) is 3.21. The van der Waals surface area contributed by atoms with E-state index >= 15 is 0 Å². The van der Waals surface area contributed by atoms with Crippen molar-refractivity contribution in [3.05, 3.63) is 58.6 Å². The first-order chi connectivity index (χ1) is 13.4. The summed E-state index contributed by atoms with van der Waals surface area (Å²) in [5.74, 6) is 0.634. The number of hydrogen-bond donors (Lipinski definition) is 1. The Balaban J connectivity index is 1.79. The van der Waals surface area contributed by atoms with Crippen LogP contribution in [0.25, 0.3) is 0 Å². The normalized spacial score (nSPS) is 13.6. The molecule has 0 radical (unpaired) electrons. The van der Waals surface area contributed by atoms with Gasteiger partial charge in [0.1, 0.15) is 5.75 Å². The number of carbonyl (C=O) groups is 2. The molecule has 0 aromatic heterocycles. The van der Waals surface area contributed by atoms with Crippen LogP contribution in [0.2, 0.25) is 5.02 Å². The van der Waals surface area contributed by atoms with Crippen molar-refractivity contribution < 1.29 is 14.3 Å². The van der Waals surface area contributed by atoms with E-state index in [-0.39, 0.29) is 11.8 Å². The van der Waals surface area contributed by atoms with Gasteiger partial charge >= 0.3 is 0 Å². The van der Waals surface area contributed by atoms with Gasteiger partial charge in [-0.2, -0.15) is 0 Å². The van der Waals surface area contributed by atoms with Crippen molar-refractivity contribution in [2.75, 3.05) is 25.0 Å². The molecule has 28 heavy (non-hydrogen) atoms. The minimum atomic E-state index is -0.312. The van der Waals surface area contributed by atoms with Gasteiger partial charge in [0.15, 0.2) is 0 Å². The zero-order valence-corrected chi connectivity index (χ0v) is 17.0. The fraction of sp³-hybridized carbons (Fsp3) is 0.364. The average molecular weight is 401 g/mol. The van der Waals surface area contributed by atoms with E-state index in [9.17, 15) is 9.59 Å². The Morgan fingerprint density at radius 2 is 1.89 bits per heavy atom. The van der Waals surface area contributed by atoms with Crippen LogP contribution in [0.15, 0.2) is 42.5 Å². The minimum absolute atomic E-state index is 0.0847. The van der Waals surface area contributed by atoms with E-state index in [0.29, 0.717) is 40.1 Å². The van der Waals surface area contributed by atoms with E-state index in [1.54, 1.807) is 41.3 Å². The van der Waals surface area contributed by atoms with Gasteiger partial charge in [0, 0.05) is 23.7 Å². The Morgan fingerprint density at radius 3 is 2.61 bits per heavy atom. The predicted octanol–water partition coefficient (Wildman–Crippen LogP) is 4.86. The van der Waals surface area contributed by atoms with E-state index in [1.807, 2.05) is 6.07 Å². The maximum absolute atomic E-state index is 12.8. The molecule has 0 unspecified atom stereocenters. The van der Waals surface area contributed by atoms with Crippen LogP contribution in [0.1, 0.15) is 47.4 Å². The number of likely N-dealkylation sites (tertiary alicyclic amines) is 1. The molecule has 1 saturated heterocycles. The van der Waals surface area contributed by atoms with Crippen molar-refractivity contribution in [1.29, 1.82) is 0 Å². The number of ether oxygens (including phenoxy) is 1. The summed E-state index contributed by atoms with van der Waals surface area (Å²) in [4.78, 5) is 27.4. The van der Waals surface area contributed by atoms with Gasteiger partial charge in [-0.15, -0.1) is 0 Å². The molecule has 0 spiro atoms. The van der Waals surface area contributed by atoms with Crippen molar-refractivity contribution in [3.8, 4) is 5.75 Å². The minimum Gasteiger partial charge on any atom is -0.493 e. The second-order valence-electron chi connectivity index (χ2n) is 7.38. The number of amides is 2. The number of nitrogens with one attached hydrogen (secondary N) is 1. The van der Waals surface area contributed by atoms with E-state index in [4.69, 9.17) is 16.3 Å². The third-order valence-electron chi connectivity index (χ3n) is 4.53. The van der Waals surface area contributed by atoms with Gasteiger partial charge in [0.25, 0.3) is 11.8 Å². The van der Waals surface area contributed by atoms with Crippen LogP contribution in [0.4, 0.5) is 5.69 Å². The summed E-state index contributed by atoms with van der Waals surface area (Å²) in [6.07, 6.45) is 2.01. The molecule has 2 aromatic rings. The van der Waals surface area contributed by atoms with Crippen LogP contribution in [-0.4, -0.2) is 36.4 Å². The summed E-state index contributed by atoms with van der Waals surface area (Å²) in [5.41, 5.74) is 1.33. The lowest BCUT2D eigenvalue weighted by atomic mass is 10.1. The molecule has 0 atom stereocenters. The van der Waals surface area contributed by atoms with Crippen molar-refractivity contribution >= 4 is 29.1 Å². The summed E-state index contributed by atoms with van der Waals surface area (Å²) < 4.78 is 5.70. The number of benzene rings is 2. The monoisotopic (exact) mass is 400 g/mol. The third kappa shape index (κ3) is 5.04. The standard InChI is InChI=1S/C22H25ClN2O3/c1-15(2)14-28-18-7-5-6-16(12-18)21(26)24-20-13-17(23)8-9-19(20)22(27)25-10-3-4-11-25/h5-9,12-13,15H,3-4,10-11,14H2,1-2H3,(H,24,26). The van der Waals surface area contributed by atoms with Crippen LogP contribution < -0.4 is 10.1 Å². The van der Waals surface area contributed by atoms with Crippen molar-refractivity contribution in [3.63, 3.8) is 0 Å². The van der Waals surface area contributed by atoms with E-state index in [0.717, 1.165) is 25.9 Å². The van der Waals surface area contributed by atoms with Crippen molar-refractivity contribution in [2.24, 2.45) is 5.92 Å². The second kappa shape index (κ2) is 9.11. The molecule has 2 amide bonds. The Kier molecular flexibility index (Phi) is 6.57. The van der Waals surface area contributed by atoms with E-state index < -0.39 is 0 Å². The largest absolute Gasteiger partial charge is 0.493 e. The number of halogens is 1. The maximum atomic E-state index is 12.8. The summed E-state index contributed by atoms with van der Waals surface area (Å²) in [6.45, 7) is 6.19. The van der Waals surface area contributed by atoms with Gasteiger partial charge in [-0.3, -0.25) is 9.59 Å². The van der Waals surface area contributed by atoms with Crippen molar-refractivity contribution in [2.45, 2.75) is 26.7 Å². The van der Waals surface area contributed by atoms with Crippen LogP contribution in [0, 0.1) is 5.92 Å². The summed E-state index contributed by atoms with van der Waals surface area (Å²) >= 11 is 6.11. The summed E-state index contributed by atoms with van der Waals surface area (Å²) in [7, 11) is 0. The predicted molar refractivity (Wildman–Crippen MR) is 111 cm³/mol. The highest BCUT2D eigenvalue weighted by atomic mass is 35.5. The van der Waals surface area contributed by atoms with Gasteiger partial charge in [-0.1, -0.05) is 31.5 Å². The highest BCUT2D eigenvalue weighted by molar-refractivity contribution is 6.31. The molecule has 1 N–H and O–H groups in total. The number of hydrogen-bond acceptors (Lipinski definition) is 3. The fourth-order valence-corrected chi connectivity index (χ4v) is 3.25. The first-order valence-electron chi connectivity index (χ1n) is 9.57. The lowest BCUT2D eigenvalue weighted by Crippen LogP contribution is -2.28. The topological polar surface area (TPSA) is 58.6 Å². The van der Waals surface area contributed by atoms with Gasteiger partial charge in [0.2, 0.25) is 0 Å². The number of carbonyl (C=O) groups excluding carboxylic acids is 2. The molecule has 0 saturated carbocycles. The first kappa shape index (κ1) is 20.2. The van der Waals surface area contributed by atoms with Crippen LogP contribution in [0.5, 0.6) is 5.75 Å². The van der Waals surface area contributed by atoms with Gasteiger partial charge in [-0.25, -0.2) is 0 Å². The highest BCUT2D eigenvalue weighted by Gasteiger charge is 2.23. The molecule has 1 aliphatic rings. The fourth-order valence-electron chi connectivity index (χ4n) is 3.08. The van der Waals surface area contributed by atoms with Crippen LogP contribution in [0.3, 0.4) is 0 Å². The van der Waals surface area contributed by atoms with Crippen molar-refractivity contribution in [1.82, 2.24) is 4.90 Å². The smallest absolute Gasteiger partial charge is 0.255 e. The van der Waals surface area contributed by atoms with Crippen LogP contribution in [-0.2, 0) is 0 Å². The SMILES string of the molecule is CC(C)COc1cccc(C(=O)Nc2cc(Cl)ccc2C(=O)N2CCCC2)c1. The quantitative estimate of drug-likeness (QED) is 0.753. The van der Waals surface area contributed by atoms with E-state index in [1.165, 1.54) is 0 Å². The first-order valence-corrected chi connectivity index (χ1v) is 9.95. The molecule has 2 aromatic carbocycles. The number of anilines is 1. The third-order valence-corrected chi connectivity index (χ3v) is 4.77. The molecule has 1 heterocycles. The molecule has 1 aliphatic heterocycles. The number of rotatable bonds is 6. The Morgan fingerprint density at radius 1 is 1.14 bits per heavy atom. The summed E-state index contributed by atoms with van der Waals surface area (Å²) in [5, 5.41) is 3.30. The zero-order valence-electron chi connectivity index (χ0n) is 16.2. The highest BCUT2D eigenvalue weighted by Crippen LogP contribution is 2.25. The molecule has 0 aliphatic carbocycles. The zero-order chi connectivity index (χ0) is 20.1. The molecular formula is C22H25ClN2O3. The van der Waals surface area contributed by atoms with Crippen LogP contribution >= 0.6 is 11.6 Å². The maximum Gasteiger partial charge on any atom is 0.255 e. The lowest BCUT2D eigenvalue weighted by molar-refractivity contribution is 0.0794. The Hall–Kier alpha value is -2.53. The Bertz CT molecular complexity index is 861. The number of nitrogens with zero attached hydrogens (tertiary/aromatic N) is 1. The molecule has 3 rings (SSSR count). The van der Waals surface area contributed by atoms with Gasteiger partial charge in [-0.05, 0) is 55.2 Å². The molecular weight excluding hydrogens is 376 g/mol. The van der Waals surface area contributed by atoms with Gasteiger partial charge in [0.05, 0.1) is 17.9 Å². The molecule has 148 valence electrons. The van der Waals surface area contributed by atoms with Gasteiger partial charge < -0.3 is 15.0 Å². The van der Waals surface area contributed by atoms with E-state index in [2.05, 4.69) is 19.2 Å². The molecule has 6 heteroatoms. The molecule has 5 nitrogen and oxygen atoms in total. The summed E-state index contributed by atoms with van der Waals surface area (Å²) in [6, 6.07) is 12.0. The lowest BCUT2D eigenvalue weighted by Gasteiger charge is -2.18. The molecule has 1 fully saturated rings. The Labute approximate surface area is 170 Å².